The van der Waals surface area contributed by atoms with E-state index in [1.165, 1.54) is 64.3 Å². The molecule has 0 bridgehead atoms. The molecule has 0 radical (unpaired) electrons. The standard InChI is InChI=1S/C54H33NOS/c1-4-14-34(15-5-1)37-26-28-48-45(30-37)46-31-38(35-16-6-2-7-17-35)27-29-49(46)55(48)50-24-13-22-42-47-33-39(32-44(52(47)56-53(42)50)36-18-8-3-9-19-36)40-21-12-23-43-41-20-10-11-25-51(41)57-54(40)43/h1-33H. The van der Waals surface area contributed by atoms with E-state index in [0.717, 1.165) is 49.8 Å². The highest BCUT2D eigenvalue weighted by atomic mass is 32.1. The molecule has 0 spiro atoms. The molecule has 0 aliphatic heterocycles. The Balaban J connectivity index is 1.14. The van der Waals surface area contributed by atoms with Gasteiger partial charge >= 0.3 is 0 Å². The molecule has 12 aromatic rings. The van der Waals surface area contributed by atoms with E-state index in [1.807, 2.05) is 11.3 Å². The van der Waals surface area contributed by atoms with Crippen LogP contribution < -0.4 is 0 Å². The van der Waals surface area contributed by atoms with Crippen molar-refractivity contribution >= 4 is 75.3 Å². The molecule has 0 fully saturated rings. The van der Waals surface area contributed by atoms with Gasteiger partial charge in [-0.05, 0) is 87.5 Å². The van der Waals surface area contributed by atoms with Crippen molar-refractivity contribution in [1.29, 1.82) is 0 Å². The fourth-order valence-corrected chi connectivity index (χ4v) is 10.2. The summed E-state index contributed by atoms with van der Waals surface area (Å²) in [6.45, 7) is 0. The first kappa shape index (κ1) is 32.1. The van der Waals surface area contributed by atoms with Gasteiger partial charge in [-0.15, -0.1) is 11.3 Å². The van der Waals surface area contributed by atoms with Crippen molar-refractivity contribution in [3.63, 3.8) is 0 Å². The first-order valence-electron chi connectivity index (χ1n) is 19.4. The molecule has 0 aliphatic carbocycles. The Morgan fingerprint density at radius 1 is 0.333 bits per heavy atom. The van der Waals surface area contributed by atoms with Gasteiger partial charge < -0.3 is 8.98 Å². The Morgan fingerprint density at radius 3 is 1.58 bits per heavy atom. The molecule has 0 N–H and O–H groups in total. The SMILES string of the molecule is c1ccc(-c2ccc3c(c2)c2cc(-c4ccccc4)ccc2n3-c2cccc3c2oc2c(-c4ccccc4)cc(-c4cccc5c4sc4ccccc45)cc23)cc1. The smallest absolute Gasteiger partial charge is 0.159 e. The molecule has 2 nitrogen and oxygen atoms in total. The van der Waals surface area contributed by atoms with Crippen molar-refractivity contribution in [3.05, 3.63) is 200 Å². The lowest BCUT2D eigenvalue weighted by atomic mass is 9.95. The molecule has 57 heavy (non-hydrogen) atoms. The van der Waals surface area contributed by atoms with E-state index >= 15 is 0 Å². The predicted molar refractivity (Wildman–Crippen MR) is 243 cm³/mol. The number of benzene rings is 9. The third-order valence-electron chi connectivity index (χ3n) is 11.6. The zero-order valence-corrected chi connectivity index (χ0v) is 31.6. The monoisotopic (exact) mass is 743 g/mol. The van der Waals surface area contributed by atoms with Crippen LogP contribution in [0.1, 0.15) is 0 Å². The van der Waals surface area contributed by atoms with Gasteiger partial charge in [0.25, 0.3) is 0 Å². The van der Waals surface area contributed by atoms with Crippen molar-refractivity contribution in [2.45, 2.75) is 0 Å². The summed E-state index contributed by atoms with van der Waals surface area (Å²) in [5.74, 6) is 0. The van der Waals surface area contributed by atoms with Crippen molar-refractivity contribution in [3.8, 4) is 50.2 Å². The third kappa shape index (κ3) is 5.03. The molecule has 3 heterocycles. The molecule has 9 aromatic carbocycles. The average Bonchev–Trinajstić information content (AvgIpc) is 3.96. The molecule has 0 aliphatic rings. The van der Waals surface area contributed by atoms with Crippen molar-refractivity contribution in [1.82, 2.24) is 4.57 Å². The summed E-state index contributed by atoms with van der Waals surface area (Å²) in [5, 5.41) is 7.23. The maximum Gasteiger partial charge on any atom is 0.159 e. The zero-order valence-electron chi connectivity index (χ0n) is 30.8. The second kappa shape index (κ2) is 12.7. The zero-order chi connectivity index (χ0) is 37.5. The normalized spacial score (nSPS) is 11.9. The number of hydrogen-bond donors (Lipinski definition) is 0. The second-order valence-corrected chi connectivity index (χ2v) is 15.9. The van der Waals surface area contributed by atoms with E-state index in [2.05, 4.69) is 205 Å². The van der Waals surface area contributed by atoms with Crippen LogP contribution in [0, 0.1) is 0 Å². The molecule has 0 atom stereocenters. The first-order valence-corrected chi connectivity index (χ1v) is 20.2. The molecular formula is C54H33NOS. The number of rotatable bonds is 5. The summed E-state index contributed by atoms with van der Waals surface area (Å²) < 4.78 is 12.2. The molecular weight excluding hydrogens is 711 g/mol. The Bertz CT molecular complexity index is 3400. The highest BCUT2D eigenvalue weighted by Gasteiger charge is 2.22. The van der Waals surface area contributed by atoms with Gasteiger partial charge in [-0.25, -0.2) is 0 Å². The van der Waals surface area contributed by atoms with Crippen LogP contribution in [0.25, 0.3) is 114 Å². The van der Waals surface area contributed by atoms with Gasteiger partial charge in [0.05, 0.1) is 16.7 Å². The van der Waals surface area contributed by atoms with Crippen LogP contribution in [0.2, 0.25) is 0 Å². The molecule has 266 valence electrons. The van der Waals surface area contributed by atoms with E-state index in [1.54, 1.807) is 0 Å². The van der Waals surface area contributed by atoms with Crippen LogP contribution in [0.5, 0.6) is 0 Å². The van der Waals surface area contributed by atoms with Crippen LogP contribution >= 0.6 is 11.3 Å². The van der Waals surface area contributed by atoms with E-state index < -0.39 is 0 Å². The summed E-state index contributed by atoms with van der Waals surface area (Å²) in [5.41, 5.74) is 14.5. The van der Waals surface area contributed by atoms with E-state index in [0.29, 0.717) is 0 Å². The molecule has 0 amide bonds. The fraction of sp³-hybridized carbons (Fsp3) is 0. The van der Waals surface area contributed by atoms with Gasteiger partial charge in [-0.2, -0.15) is 0 Å². The Hall–Kier alpha value is -7.20. The number of thiophene rings is 1. The average molecular weight is 744 g/mol. The molecule has 3 heteroatoms. The fourth-order valence-electron chi connectivity index (χ4n) is 8.93. The molecule has 12 rings (SSSR count). The maximum atomic E-state index is 7.19. The number of fused-ring (bicyclic) bond motifs is 9. The van der Waals surface area contributed by atoms with Crippen molar-refractivity contribution in [2.75, 3.05) is 0 Å². The minimum atomic E-state index is 0.875. The summed E-state index contributed by atoms with van der Waals surface area (Å²) in [4.78, 5) is 0. The van der Waals surface area contributed by atoms with Gasteiger partial charge in [0, 0.05) is 47.3 Å². The maximum absolute atomic E-state index is 7.19. The van der Waals surface area contributed by atoms with Crippen LogP contribution in [-0.2, 0) is 0 Å². The van der Waals surface area contributed by atoms with Gasteiger partial charge in [0.15, 0.2) is 5.58 Å². The second-order valence-electron chi connectivity index (χ2n) is 14.8. The van der Waals surface area contributed by atoms with Crippen LogP contribution in [0.3, 0.4) is 0 Å². The highest BCUT2D eigenvalue weighted by Crippen LogP contribution is 2.46. The topological polar surface area (TPSA) is 18.1 Å². The first-order chi connectivity index (χ1) is 28.3. The number of para-hydroxylation sites is 1. The largest absolute Gasteiger partial charge is 0.453 e. The van der Waals surface area contributed by atoms with Crippen LogP contribution in [-0.4, -0.2) is 4.57 Å². The Morgan fingerprint density at radius 2 is 0.895 bits per heavy atom. The lowest BCUT2D eigenvalue weighted by Gasteiger charge is -2.09. The minimum absolute atomic E-state index is 0.875. The number of hydrogen-bond acceptors (Lipinski definition) is 2. The minimum Gasteiger partial charge on any atom is -0.453 e. The van der Waals surface area contributed by atoms with Crippen LogP contribution in [0.4, 0.5) is 0 Å². The molecule has 0 saturated carbocycles. The van der Waals surface area contributed by atoms with Crippen LogP contribution in [0.15, 0.2) is 205 Å². The van der Waals surface area contributed by atoms with E-state index in [9.17, 15) is 0 Å². The Kier molecular flexibility index (Phi) is 7.13. The highest BCUT2D eigenvalue weighted by molar-refractivity contribution is 7.26. The number of furan rings is 1. The lowest BCUT2D eigenvalue weighted by Crippen LogP contribution is -1.94. The summed E-state index contributed by atoms with van der Waals surface area (Å²) in [6.07, 6.45) is 0. The summed E-state index contributed by atoms with van der Waals surface area (Å²) in [6, 6.07) is 72.5. The Labute approximate surface area is 333 Å². The third-order valence-corrected chi connectivity index (χ3v) is 12.8. The molecule has 0 saturated heterocycles. The number of aromatic nitrogens is 1. The lowest BCUT2D eigenvalue weighted by molar-refractivity contribution is 0.667. The van der Waals surface area contributed by atoms with Gasteiger partial charge in [0.1, 0.15) is 5.58 Å². The molecule has 3 aromatic heterocycles. The van der Waals surface area contributed by atoms with Crippen molar-refractivity contribution < 1.29 is 4.42 Å². The number of nitrogens with zero attached hydrogens (tertiary/aromatic N) is 1. The van der Waals surface area contributed by atoms with Crippen molar-refractivity contribution in [2.24, 2.45) is 0 Å². The van der Waals surface area contributed by atoms with Gasteiger partial charge in [-0.3, -0.25) is 0 Å². The van der Waals surface area contributed by atoms with E-state index in [4.69, 9.17) is 4.42 Å². The van der Waals surface area contributed by atoms with Gasteiger partial charge in [0.2, 0.25) is 0 Å². The van der Waals surface area contributed by atoms with Gasteiger partial charge in [-0.1, -0.05) is 152 Å². The quantitative estimate of drug-likeness (QED) is 0.172. The van der Waals surface area contributed by atoms with E-state index in [-0.39, 0.29) is 0 Å². The molecule has 0 unspecified atom stereocenters. The summed E-state index contributed by atoms with van der Waals surface area (Å²) in [7, 11) is 0. The summed E-state index contributed by atoms with van der Waals surface area (Å²) >= 11 is 1.87. The predicted octanol–water partition coefficient (Wildman–Crippen LogP) is 15.7.